The number of anilines is 1. The Morgan fingerprint density at radius 2 is 1.88 bits per heavy atom. The number of benzene rings is 1. The van der Waals surface area contributed by atoms with Crippen molar-refractivity contribution in [3.05, 3.63) is 57.8 Å². The highest BCUT2D eigenvalue weighted by molar-refractivity contribution is 6.34. The van der Waals surface area contributed by atoms with E-state index in [1.165, 1.54) is 17.0 Å². The standard InChI is InChI=1S/C18H19Cl2N3O2/c1-3-10-23(18(25)17-13(19)8-9-15(20)22-17)11-16(24)21-14-7-5-4-6-12(14)2/h4-9H,3,10-11H2,1-2H3,(H,21,24). The summed E-state index contributed by atoms with van der Waals surface area (Å²) in [6.45, 7) is 4.14. The molecule has 0 radical (unpaired) electrons. The number of para-hydroxylation sites is 1. The van der Waals surface area contributed by atoms with Gasteiger partial charge in [0, 0.05) is 12.2 Å². The molecule has 132 valence electrons. The van der Waals surface area contributed by atoms with E-state index >= 15 is 0 Å². The molecule has 1 heterocycles. The predicted molar refractivity (Wildman–Crippen MR) is 100 cm³/mol. The molecule has 0 aliphatic rings. The summed E-state index contributed by atoms with van der Waals surface area (Å²) in [5.74, 6) is -0.705. The topological polar surface area (TPSA) is 62.3 Å². The molecule has 0 atom stereocenters. The Hall–Kier alpha value is -2.11. The van der Waals surface area contributed by atoms with Crippen molar-refractivity contribution >= 4 is 40.7 Å². The molecule has 0 saturated heterocycles. The van der Waals surface area contributed by atoms with Gasteiger partial charge in [0.2, 0.25) is 5.91 Å². The fourth-order valence-corrected chi connectivity index (χ4v) is 2.65. The summed E-state index contributed by atoms with van der Waals surface area (Å²) >= 11 is 11.9. The number of aryl methyl sites for hydroxylation is 1. The van der Waals surface area contributed by atoms with Gasteiger partial charge in [-0.15, -0.1) is 0 Å². The van der Waals surface area contributed by atoms with E-state index < -0.39 is 5.91 Å². The molecule has 5 nitrogen and oxygen atoms in total. The van der Waals surface area contributed by atoms with Gasteiger partial charge in [-0.05, 0) is 37.1 Å². The number of hydrogen-bond donors (Lipinski definition) is 1. The lowest BCUT2D eigenvalue weighted by molar-refractivity contribution is -0.116. The number of carbonyl (C=O) groups is 2. The van der Waals surface area contributed by atoms with E-state index in [1.807, 2.05) is 38.1 Å². The highest BCUT2D eigenvalue weighted by atomic mass is 35.5. The SMILES string of the molecule is CCCN(CC(=O)Nc1ccccc1C)C(=O)c1nc(Cl)ccc1Cl. The first-order chi connectivity index (χ1) is 11.9. The average Bonchev–Trinajstić information content (AvgIpc) is 2.58. The number of pyridine rings is 1. The monoisotopic (exact) mass is 379 g/mol. The Labute approximate surface area is 157 Å². The maximum absolute atomic E-state index is 12.7. The van der Waals surface area contributed by atoms with Gasteiger partial charge in [0.15, 0.2) is 0 Å². The lowest BCUT2D eigenvalue weighted by Crippen LogP contribution is -2.39. The number of nitrogens with one attached hydrogen (secondary N) is 1. The minimum atomic E-state index is -0.422. The fourth-order valence-electron chi connectivity index (χ4n) is 2.32. The summed E-state index contributed by atoms with van der Waals surface area (Å²) in [6, 6.07) is 10.5. The van der Waals surface area contributed by atoms with Crippen molar-refractivity contribution < 1.29 is 9.59 Å². The van der Waals surface area contributed by atoms with E-state index in [1.54, 1.807) is 0 Å². The minimum Gasteiger partial charge on any atom is -0.328 e. The molecule has 0 fully saturated rings. The summed E-state index contributed by atoms with van der Waals surface area (Å²) in [4.78, 5) is 30.5. The van der Waals surface area contributed by atoms with Crippen LogP contribution >= 0.6 is 23.2 Å². The number of halogens is 2. The molecule has 0 unspecified atom stereocenters. The minimum absolute atomic E-state index is 0.0475. The Morgan fingerprint density at radius 3 is 2.56 bits per heavy atom. The van der Waals surface area contributed by atoms with Gasteiger partial charge < -0.3 is 10.2 Å². The van der Waals surface area contributed by atoms with Crippen molar-refractivity contribution in [3.8, 4) is 0 Å². The average molecular weight is 380 g/mol. The number of amides is 2. The van der Waals surface area contributed by atoms with Crippen molar-refractivity contribution in [1.82, 2.24) is 9.88 Å². The smallest absolute Gasteiger partial charge is 0.274 e. The molecule has 25 heavy (non-hydrogen) atoms. The number of hydrogen-bond acceptors (Lipinski definition) is 3. The number of aromatic nitrogens is 1. The van der Waals surface area contributed by atoms with E-state index in [9.17, 15) is 9.59 Å². The third-order valence-corrected chi connectivity index (χ3v) is 4.06. The maximum atomic E-state index is 12.7. The molecule has 0 aliphatic carbocycles. The predicted octanol–water partition coefficient (Wildman–Crippen LogP) is 4.19. The van der Waals surface area contributed by atoms with Gasteiger partial charge in [-0.2, -0.15) is 0 Å². The zero-order valence-corrected chi connectivity index (χ0v) is 15.6. The molecular weight excluding hydrogens is 361 g/mol. The molecule has 1 aromatic heterocycles. The highest BCUT2D eigenvalue weighted by Crippen LogP contribution is 2.19. The third-order valence-electron chi connectivity index (χ3n) is 3.55. The van der Waals surface area contributed by atoms with Crippen LogP contribution in [-0.2, 0) is 4.79 Å². The Bertz CT molecular complexity index is 781. The zero-order valence-electron chi connectivity index (χ0n) is 14.1. The second kappa shape index (κ2) is 8.83. The van der Waals surface area contributed by atoms with Crippen LogP contribution < -0.4 is 5.32 Å². The van der Waals surface area contributed by atoms with Crippen molar-refractivity contribution in [2.24, 2.45) is 0 Å². The zero-order chi connectivity index (χ0) is 18.4. The van der Waals surface area contributed by atoms with Crippen LogP contribution in [0.3, 0.4) is 0 Å². The van der Waals surface area contributed by atoms with E-state index in [0.717, 1.165) is 11.3 Å². The molecule has 7 heteroatoms. The van der Waals surface area contributed by atoms with Crippen molar-refractivity contribution in [1.29, 1.82) is 0 Å². The quantitative estimate of drug-likeness (QED) is 0.765. The van der Waals surface area contributed by atoms with Gasteiger partial charge in [-0.1, -0.05) is 48.3 Å². The first-order valence-electron chi connectivity index (χ1n) is 7.89. The number of carbonyl (C=O) groups excluding carboxylic acids is 2. The van der Waals surface area contributed by atoms with E-state index in [4.69, 9.17) is 23.2 Å². The summed E-state index contributed by atoms with van der Waals surface area (Å²) in [5.41, 5.74) is 1.71. The van der Waals surface area contributed by atoms with Gasteiger partial charge >= 0.3 is 0 Å². The molecular formula is C18H19Cl2N3O2. The molecule has 1 N–H and O–H groups in total. The molecule has 2 rings (SSSR count). The first kappa shape index (κ1) is 19.2. The molecule has 0 saturated carbocycles. The summed E-state index contributed by atoms with van der Waals surface area (Å²) < 4.78 is 0. The van der Waals surface area contributed by atoms with Crippen LogP contribution in [0.1, 0.15) is 29.4 Å². The Morgan fingerprint density at radius 1 is 1.16 bits per heavy atom. The number of nitrogens with zero attached hydrogens (tertiary/aromatic N) is 2. The second-order valence-corrected chi connectivity index (χ2v) is 6.35. The fraction of sp³-hybridized carbons (Fsp3) is 0.278. The normalized spacial score (nSPS) is 10.4. The summed E-state index contributed by atoms with van der Waals surface area (Å²) in [6.07, 6.45) is 0.696. The van der Waals surface area contributed by atoms with Gasteiger partial charge in [-0.25, -0.2) is 4.98 Å². The molecule has 0 bridgehead atoms. The van der Waals surface area contributed by atoms with E-state index in [-0.39, 0.29) is 28.3 Å². The van der Waals surface area contributed by atoms with Gasteiger partial charge in [0.05, 0.1) is 5.02 Å². The lowest BCUT2D eigenvalue weighted by Gasteiger charge is -2.22. The van der Waals surface area contributed by atoms with Crippen LogP contribution in [0.2, 0.25) is 10.2 Å². The summed E-state index contributed by atoms with van der Waals surface area (Å²) in [7, 11) is 0. The molecule has 2 aromatic rings. The largest absolute Gasteiger partial charge is 0.328 e. The van der Waals surface area contributed by atoms with E-state index in [2.05, 4.69) is 10.3 Å². The van der Waals surface area contributed by atoms with Crippen LogP contribution in [0.4, 0.5) is 5.69 Å². The molecule has 2 amide bonds. The summed E-state index contributed by atoms with van der Waals surface area (Å²) in [5, 5.41) is 3.20. The Kier molecular flexibility index (Phi) is 6.79. The molecule has 1 aromatic carbocycles. The maximum Gasteiger partial charge on any atom is 0.274 e. The van der Waals surface area contributed by atoms with Crippen LogP contribution in [0, 0.1) is 6.92 Å². The highest BCUT2D eigenvalue weighted by Gasteiger charge is 2.22. The van der Waals surface area contributed by atoms with Crippen LogP contribution in [0.15, 0.2) is 36.4 Å². The second-order valence-electron chi connectivity index (χ2n) is 5.55. The van der Waals surface area contributed by atoms with Crippen LogP contribution in [-0.4, -0.2) is 34.8 Å². The van der Waals surface area contributed by atoms with Gasteiger partial charge in [-0.3, -0.25) is 9.59 Å². The van der Waals surface area contributed by atoms with Crippen molar-refractivity contribution in [2.45, 2.75) is 20.3 Å². The first-order valence-corrected chi connectivity index (χ1v) is 8.64. The molecule has 0 aliphatic heterocycles. The lowest BCUT2D eigenvalue weighted by atomic mass is 10.2. The molecule has 0 spiro atoms. The van der Waals surface area contributed by atoms with Crippen LogP contribution in [0.5, 0.6) is 0 Å². The van der Waals surface area contributed by atoms with Crippen molar-refractivity contribution in [2.75, 3.05) is 18.4 Å². The Balaban J connectivity index is 2.14. The van der Waals surface area contributed by atoms with Gasteiger partial charge in [0.1, 0.15) is 17.4 Å². The van der Waals surface area contributed by atoms with Crippen LogP contribution in [0.25, 0.3) is 0 Å². The van der Waals surface area contributed by atoms with Crippen molar-refractivity contribution in [3.63, 3.8) is 0 Å². The van der Waals surface area contributed by atoms with E-state index in [0.29, 0.717) is 13.0 Å². The third kappa shape index (κ3) is 5.18. The van der Waals surface area contributed by atoms with Gasteiger partial charge in [0.25, 0.3) is 5.91 Å². The number of rotatable bonds is 6.